The summed E-state index contributed by atoms with van der Waals surface area (Å²) in [5.74, 6) is -0.643. The van der Waals surface area contributed by atoms with E-state index in [-0.39, 0.29) is 5.82 Å². The molecule has 0 spiro atoms. The molecule has 0 aliphatic heterocycles. The molecule has 2 rings (SSSR count). The van der Waals surface area contributed by atoms with Gasteiger partial charge in [-0.2, -0.15) is 18.3 Å². The van der Waals surface area contributed by atoms with Crippen LogP contribution in [0.5, 0.6) is 0 Å². The number of anilines is 1. The number of aryl methyl sites for hydroxylation is 1. The summed E-state index contributed by atoms with van der Waals surface area (Å²) in [6, 6.07) is 2.94. The van der Waals surface area contributed by atoms with E-state index in [0.29, 0.717) is 6.07 Å². The molecule has 20 heavy (non-hydrogen) atoms. The molecular weight excluding hydrogens is 277 g/mol. The first-order chi connectivity index (χ1) is 9.27. The van der Waals surface area contributed by atoms with E-state index in [0.717, 1.165) is 6.07 Å². The van der Waals surface area contributed by atoms with Gasteiger partial charge in [-0.3, -0.25) is 14.3 Å². The molecule has 0 bridgehead atoms. The maximum atomic E-state index is 12.4. The number of halogens is 3. The third kappa shape index (κ3) is 2.87. The second kappa shape index (κ2) is 4.83. The minimum atomic E-state index is -4.67. The van der Waals surface area contributed by atoms with Crippen LogP contribution in [0.2, 0.25) is 0 Å². The van der Waals surface area contributed by atoms with Crippen LogP contribution >= 0.6 is 0 Å². The molecule has 0 aliphatic rings. The maximum absolute atomic E-state index is 12.4. The van der Waals surface area contributed by atoms with Gasteiger partial charge in [0.25, 0.3) is 11.5 Å². The molecule has 0 radical (unpaired) electrons. The minimum absolute atomic E-state index is 0.191. The third-order valence-electron chi connectivity index (χ3n) is 2.41. The van der Waals surface area contributed by atoms with Crippen molar-refractivity contribution in [3.8, 4) is 0 Å². The molecule has 0 fully saturated rings. The lowest BCUT2D eigenvalue weighted by atomic mass is 10.2. The lowest BCUT2D eigenvalue weighted by Gasteiger charge is -2.07. The Kier molecular flexibility index (Phi) is 3.35. The van der Waals surface area contributed by atoms with Gasteiger partial charge in [0.05, 0.1) is 0 Å². The number of aromatic nitrogens is 3. The molecule has 106 valence electrons. The number of amides is 1. The van der Waals surface area contributed by atoms with Crippen molar-refractivity contribution in [2.75, 3.05) is 5.32 Å². The fraction of sp³-hybridized carbons (Fsp3) is 0.182. The number of nitrogens with one attached hydrogen (secondary N) is 2. The number of hydrogen-bond acceptors (Lipinski definition) is 3. The van der Waals surface area contributed by atoms with E-state index in [4.69, 9.17) is 0 Å². The van der Waals surface area contributed by atoms with Crippen LogP contribution in [0.25, 0.3) is 0 Å². The quantitative estimate of drug-likeness (QED) is 0.875. The first kappa shape index (κ1) is 13.8. The average molecular weight is 286 g/mol. The van der Waals surface area contributed by atoms with Gasteiger partial charge in [0.1, 0.15) is 11.3 Å². The second-order valence-corrected chi connectivity index (χ2v) is 3.94. The summed E-state index contributed by atoms with van der Waals surface area (Å²) in [4.78, 5) is 24.8. The highest BCUT2D eigenvalue weighted by atomic mass is 19.4. The number of pyridine rings is 1. The normalized spacial score (nSPS) is 11.4. The molecule has 0 saturated heterocycles. The van der Waals surface area contributed by atoms with E-state index >= 15 is 0 Å². The van der Waals surface area contributed by atoms with Gasteiger partial charge in [0.2, 0.25) is 0 Å². The summed E-state index contributed by atoms with van der Waals surface area (Å²) >= 11 is 0. The Balaban J connectivity index is 2.25. The van der Waals surface area contributed by atoms with Crippen LogP contribution in [-0.4, -0.2) is 20.7 Å². The van der Waals surface area contributed by atoms with Crippen molar-refractivity contribution >= 4 is 11.7 Å². The van der Waals surface area contributed by atoms with Crippen molar-refractivity contribution in [3.63, 3.8) is 0 Å². The molecule has 2 heterocycles. The monoisotopic (exact) mass is 286 g/mol. The van der Waals surface area contributed by atoms with E-state index in [2.05, 4.69) is 10.4 Å². The summed E-state index contributed by atoms with van der Waals surface area (Å²) < 4.78 is 38.5. The molecule has 1 amide bonds. The lowest BCUT2D eigenvalue weighted by Crippen LogP contribution is -2.25. The lowest BCUT2D eigenvalue weighted by molar-refractivity contribution is -0.141. The van der Waals surface area contributed by atoms with Gasteiger partial charge >= 0.3 is 6.18 Å². The summed E-state index contributed by atoms with van der Waals surface area (Å²) in [5, 5.41) is 6.16. The highest BCUT2D eigenvalue weighted by molar-refractivity contribution is 6.03. The SMILES string of the molecule is Cn1ccc(NC(=O)c2ccc(C(F)(F)F)[nH]c2=O)n1. The first-order valence-corrected chi connectivity index (χ1v) is 5.39. The van der Waals surface area contributed by atoms with Gasteiger partial charge in [-0.15, -0.1) is 0 Å². The molecule has 6 nitrogen and oxygen atoms in total. The van der Waals surface area contributed by atoms with E-state index < -0.39 is 28.9 Å². The highest BCUT2D eigenvalue weighted by Crippen LogP contribution is 2.26. The van der Waals surface area contributed by atoms with Crippen LogP contribution in [0, 0.1) is 0 Å². The van der Waals surface area contributed by atoms with Crippen LogP contribution in [0.1, 0.15) is 16.1 Å². The van der Waals surface area contributed by atoms with Gasteiger partial charge in [0, 0.05) is 19.3 Å². The van der Waals surface area contributed by atoms with Crippen molar-refractivity contribution in [1.82, 2.24) is 14.8 Å². The van der Waals surface area contributed by atoms with E-state index in [1.54, 1.807) is 18.2 Å². The minimum Gasteiger partial charge on any atom is -0.318 e. The zero-order chi connectivity index (χ0) is 14.9. The van der Waals surface area contributed by atoms with Crippen molar-refractivity contribution in [2.24, 2.45) is 7.05 Å². The Labute approximate surface area is 110 Å². The van der Waals surface area contributed by atoms with Crippen molar-refractivity contribution < 1.29 is 18.0 Å². The smallest absolute Gasteiger partial charge is 0.318 e. The van der Waals surface area contributed by atoms with Crippen LogP contribution in [-0.2, 0) is 13.2 Å². The van der Waals surface area contributed by atoms with Crippen LogP contribution in [0.3, 0.4) is 0 Å². The van der Waals surface area contributed by atoms with Crippen LogP contribution < -0.4 is 10.9 Å². The van der Waals surface area contributed by atoms with Crippen LogP contribution in [0.4, 0.5) is 19.0 Å². The largest absolute Gasteiger partial charge is 0.431 e. The van der Waals surface area contributed by atoms with Crippen molar-refractivity contribution in [1.29, 1.82) is 0 Å². The molecule has 9 heteroatoms. The number of hydrogen-bond donors (Lipinski definition) is 2. The molecule has 2 aromatic heterocycles. The summed E-state index contributed by atoms with van der Waals surface area (Å²) in [6.45, 7) is 0. The first-order valence-electron chi connectivity index (χ1n) is 5.39. The number of carbonyl (C=O) groups excluding carboxylic acids is 1. The molecule has 0 saturated carbocycles. The van der Waals surface area contributed by atoms with E-state index in [1.807, 2.05) is 0 Å². The van der Waals surface area contributed by atoms with Gasteiger partial charge in [-0.05, 0) is 12.1 Å². The van der Waals surface area contributed by atoms with E-state index in [9.17, 15) is 22.8 Å². The summed E-state index contributed by atoms with van der Waals surface area (Å²) in [6.07, 6.45) is -3.11. The molecule has 2 aromatic rings. The molecule has 0 aliphatic carbocycles. The van der Waals surface area contributed by atoms with Gasteiger partial charge < -0.3 is 10.3 Å². The number of H-pyrrole nitrogens is 1. The number of aromatic amines is 1. The number of carbonyl (C=O) groups is 1. The molecule has 0 aromatic carbocycles. The number of alkyl halides is 3. The Bertz CT molecular complexity index is 702. The average Bonchev–Trinajstić information content (AvgIpc) is 2.73. The van der Waals surface area contributed by atoms with Gasteiger partial charge in [-0.25, -0.2) is 0 Å². The second-order valence-electron chi connectivity index (χ2n) is 3.94. The topological polar surface area (TPSA) is 79.8 Å². The molecule has 0 atom stereocenters. The Hall–Kier alpha value is -2.58. The number of nitrogens with zero attached hydrogens (tertiary/aromatic N) is 2. The maximum Gasteiger partial charge on any atom is 0.431 e. The molecule has 2 N–H and O–H groups in total. The Morgan fingerprint density at radius 3 is 2.55 bits per heavy atom. The standard InChI is InChI=1S/C11H9F3N4O2/c1-18-5-4-8(17-18)16-10(20)6-2-3-7(11(12,13)14)15-9(6)19/h2-5H,1H3,(H,15,19)(H,16,17,20). The summed E-state index contributed by atoms with van der Waals surface area (Å²) in [5.41, 5.74) is -2.76. The highest BCUT2D eigenvalue weighted by Gasteiger charge is 2.32. The van der Waals surface area contributed by atoms with Crippen LogP contribution in [0.15, 0.2) is 29.2 Å². The molecule has 0 unspecified atom stereocenters. The zero-order valence-electron chi connectivity index (χ0n) is 10.2. The fourth-order valence-electron chi connectivity index (χ4n) is 1.48. The Morgan fingerprint density at radius 1 is 1.35 bits per heavy atom. The van der Waals surface area contributed by atoms with Crippen molar-refractivity contribution in [3.05, 3.63) is 46.0 Å². The zero-order valence-corrected chi connectivity index (χ0v) is 10.2. The molecular formula is C11H9F3N4O2. The third-order valence-corrected chi connectivity index (χ3v) is 2.41. The van der Waals surface area contributed by atoms with E-state index in [1.165, 1.54) is 10.7 Å². The van der Waals surface area contributed by atoms with Gasteiger partial charge in [-0.1, -0.05) is 0 Å². The predicted molar refractivity (Wildman–Crippen MR) is 63.2 cm³/mol. The fourth-order valence-corrected chi connectivity index (χ4v) is 1.48. The van der Waals surface area contributed by atoms with Gasteiger partial charge in [0.15, 0.2) is 5.82 Å². The number of rotatable bonds is 2. The Morgan fingerprint density at radius 2 is 2.05 bits per heavy atom. The predicted octanol–water partition coefficient (Wildman–Crippen LogP) is 1.38. The van der Waals surface area contributed by atoms with Crippen molar-refractivity contribution in [2.45, 2.75) is 6.18 Å². The summed E-state index contributed by atoms with van der Waals surface area (Å²) in [7, 11) is 1.63.